The van der Waals surface area contributed by atoms with Gasteiger partial charge in [0.25, 0.3) is 0 Å². The number of ether oxygens (including phenoxy) is 1. The predicted molar refractivity (Wildman–Crippen MR) is 108 cm³/mol. The lowest BCUT2D eigenvalue weighted by molar-refractivity contribution is -0.118. The van der Waals surface area contributed by atoms with Crippen LogP contribution in [0, 0.1) is 0 Å². The number of para-hydroxylation sites is 1. The van der Waals surface area contributed by atoms with E-state index in [-0.39, 0.29) is 17.8 Å². The van der Waals surface area contributed by atoms with E-state index in [9.17, 15) is 4.79 Å². The second-order valence-electron chi connectivity index (χ2n) is 6.37. The maximum atomic E-state index is 12.1. The third-order valence-corrected chi connectivity index (χ3v) is 4.75. The average molecular weight is 401 g/mol. The van der Waals surface area contributed by atoms with E-state index in [1.165, 1.54) is 11.8 Å². The van der Waals surface area contributed by atoms with Gasteiger partial charge in [-0.25, -0.2) is 0 Å². The molecule has 0 aliphatic heterocycles. The first-order chi connectivity index (χ1) is 13.6. The molecule has 0 saturated heterocycles. The highest BCUT2D eigenvalue weighted by Gasteiger charge is 2.18. The maximum Gasteiger partial charge on any atom is 0.230 e. The molecule has 3 rings (SSSR count). The molecule has 3 aromatic rings. The zero-order valence-corrected chi connectivity index (χ0v) is 16.8. The first kappa shape index (κ1) is 20.2. The highest BCUT2D eigenvalue weighted by atomic mass is 32.2. The molecule has 0 atom stereocenters. The quantitative estimate of drug-likeness (QED) is 0.414. The number of hydrogen-bond acceptors (Lipinski definition) is 6. The van der Waals surface area contributed by atoms with Crippen molar-refractivity contribution in [1.82, 2.24) is 20.1 Å². The molecule has 0 unspecified atom stereocenters. The van der Waals surface area contributed by atoms with Crippen molar-refractivity contribution in [1.29, 1.82) is 0 Å². The Labute approximate surface area is 168 Å². The van der Waals surface area contributed by atoms with Crippen LogP contribution < -0.4 is 5.32 Å². The van der Waals surface area contributed by atoms with Gasteiger partial charge in [-0.15, -0.1) is 10.2 Å². The first-order valence-electron chi connectivity index (χ1n) is 9.21. The van der Waals surface area contributed by atoms with Gasteiger partial charge in [-0.3, -0.25) is 9.36 Å². The Balaban J connectivity index is 1.63. The molecule has 7 nitrogen and oxygen atoms in total. The van der Waals surface area contributed by atoms with E-state index in [0.717, 1.165) is 12.1 Å². The van der Waals surface area contributed by atoms with Crippen molar-refractivity contribution >= 4 is 17.7 Å². The molecule has 0 radical (unpaired) electrons. The Kier molecular flexibility index (Phi) is 7.27. The largest absolute Gasteiger partial charge is 0.461 e. The summed E-state index contributed by atoms with van der Waals surface area (Å²) in [5.74, 6) is 1.44. The second-order valence-corrected chi connectivity index (χ2v) is 7.31. The molecular weight excluding hydrogens is 376 g/mol. The van der Waals surface area contributed by atoms with Gasteiger partial charge in [-0.1, -0.05) is 30.0 Å². The lowest BCUT2D eigenvalue weighted by atomic mass is 10.3. The van der Waals surface area contributed by atoms with E-state index in [1.807, 2.05) is 60.9 Å². The minimum atomic E-state index is -0.0447. The zero-order chi connectivity index (χ0) is 19.8. The lowest BCUT2D eigenvalue weighted by Gasteiger charge is -2.10. The van der Waals surface area contributed by atoms with Crippen molar-refractivity contribution in [2.45, 2.75) is 31.5 Å². The maximum absolute atomic E-state index is 12.1. The summed E-state index contributed by atoms with van der Waals surface area (Å²) in [5, 5.41) is 12.1. The molecule has 8 heteroatoms. The number of aromatic nitrogens is 3. The van der Waals surface area contributed by atoms with Gasteiger partial charge in [0.05, 0.1) is 18.1 Å². The Morgan fingerprint density at radius 2 is 2.04 bits per heavy atom. The van der Waals surface area contributed by atoms with Crippen LogP contribution in [0.2, 0.25) is 0 Å². The fourth-order valence-electron chi connectivity index (χ4n) is 2.54. The number of amides is 1. The van der Waals surface area contributed by atoms with Crippen LogP contribution >= 0.6 is 11.8 Å². The third kappa shape index (κ3) is 5.46. The number of rotatable bonds is 10. The third-order valence-electron chi connectivity index (χ3n) is 3.82. The van der Waals surface area contributed by atoms with E-state index in [0.29, 0.717) is 29.9 Å². The number of thioether (sulfide) groups is 1. The van der Waals surface area contributed by atoms with Crippen molar-refractivity contribution < 1.29 is 13.9 Å². The van der Waals surface area contributed by atoms with Gasteiger partial charge in [0.15, 0.2) is 10.9 Å². The normalized spacial score (nSPS) is 11.1. The molecule has 0 fully saturated rings. The van der Waals surface area contributed by atoms with Gasteiger partial charge in [0.2, 0.25) is 11.7 Å². The zero-order valence-electron chi connectivity index (χ0n) is 16.0. The summed E-state index contributed by atoms with van der Waals surface area (Å²) in [6, 6.07) is 13.4. The molecule has 148 valence electrons. The first-order valence-corrected chi connectivity index (χ1v) is 10.2. The minimum Gasteiger partial charge on any atom is -0.461 e. The molecule has 0 aliphatic rings. The number of nitrogens with one attached hydrogen (secondary N) is 1. The smallest absolute Gasteiger partial charge is 0.230 e. The lowest BCUT2D eigenvalue weighted by Crippen LogP contribution is -2.27. The Bertz CT molecular complexity index is 863. The predicted octanol–water partition coefficient (Wildman–Crippen LogP) is 3.55. The van der Waals surface area contributed by atoms with Gasteiger partial charge in [-0.2, -0.15) is 0 Å². The fraction of sp³-hybridized carbons (Fsp3) is 0.350. The molecule has 1 aromatic carbocycles. The van der Waals surface area contributed by atoms with E-state index < -0.39 is 0 Å². The molecule has 2 heterocycles. The van der Waals surface area contributed by atoms with Gasteiger partial charge in [0, 0.05) is 18.8 Å². The van der Waals surface area contributed by atoms with Crippen LogP contribution in [0.15, 0.2) is 58.3 Å². The number of nitrogens with zero attached hydrogens (tertiary/aromatic N) is 3. The number of furan rings is 1. The summed E-state index contributed by atoms with van der Waals surface area (Å²) in [4.78, 5) is 12.1. The SMILES string of the molecule is CC(C)OCCCNC(=O)CSc1nnc(-c2ccco2)n1-c1ccccc1. The molecule has 0 saturated carbocycles. The van der Waals surface area contributed by atoms with Gasteiger partial charge >= 0.3 is 0 Å². The Morgan fingerprint density at radius 1 is 1.21 bits per heavy atom. The average Bonchev–Trinajstić information content (AvgIpc) is 3.36. The fourth-order valence-corrected chi connectivity index (χ4v) is 3.32. The summed E-state index contributed by atoms with van der Waals surface area (Å²) < 4.78 is 12.9. The topological polar surface area (TPSA) is 82.2 Å². The van der Waals surface area contributed by atoms with Gasteiger partial charge < -0.3 is 14.5 Å². The summed E-state index contributed by atoms with van der Waals surface area (Å²) >= 11 is 1.34. The molecule has 1 amide bonds. The highest BCUT2D eigenvalue weighted by Crippen LogP contribution is 2.27. The van der Waals surface area contributed by atoms with Crippen molar-refractivity contribution in [2.24, 2.45) is 0 Å². The van der Waals surface area contributed by atoms with E-state index in [2.05, 4.69) is 15.5 Å². The summed E-state index contributed by atoms with van der Waals surface area (Å²) in [6.45, 7) is 5.22. The van der Waals surface area contributed by atoms with Crippen molar-refractivity contribution in [3.63, 3.8) is 0 Å². The van der Waals surface area contributed by atoms with Gasteiger partial charge in [-0.05, 0) is 44.5 Å². The van der Waals surface area contributed by atoms with Crippen molar-refractivity contribution in [3.8, 4) is 17.3 Å². The monoisotopic (exact) mass is 400 g/mol. The molecule has 0 spiro atoms. The number of carbonyl (C=O) groups excluding carboxylic acids is 1. The number of hydrogen-bond donors (Lipinski definition) is 1. The van der Waals surface area contributed by atoms with Crippen LogP contribution in [0.1, 0.15) is 20.3 Å². The number of benzene rings is 1. The van der Waals surface area contributed by atoms with E-state index >= 15 is 0 Å². The second kappa shape index (κ2) is 10.1. The number of carbonyl (C=O) groups is 1. The van der Waals surface area contributed by atoms with Crippen LogP contribution in [0.5, 0.6) is 0 Å². The highest BCUT2D eigenvalue weighted by molar-refractivity contribution is 7.99. The molecule has 28 heavy (non-hydrogen) atoms. The van der Waals surface area contributed by atoms with Gasteiger partial charge in [0.1, 0.15) is 0 Å². The summed E-state index contributed by atoms with van der Waals surface area (Å²) in [7, 11) is 0. The van der Waals surface area contributed by atoms with Crippen LogP contribution in [0.3, 0.4) is 0 Å². The van der Waals surface area contributed by atoms with E-state index in [1.54, 1.807) is 6.26 Å². The molecule has 0 aliphatic carbocycles. The Hall–Kier alpha value is -2.58. The van der Waals surface area contributed by atoms with Crippen LogP contribution in [0.4, 0.5) is 0 Å². The molecule has 1 N–H and O–H groups in total. The standard InChI is InChI=1S/C20H24N4O3S/c1-15(2)26-13-7-11-21-18(25)14-28-20-23-22-19(17-10-6-12-27-17)24(20)16-8-4-3-5-9-16/h3-6,8-10,12,15H,7,11,13-14H2,1-2H3,(H,21,25). The van der Waals surface area contributed by atoms with Crippen molar-refractivity contribution in [2.75, 3.05) is 18.9 Å². The van der Waals surface area contributed by atoms with Crippen molar-refractivity contribution in [3.05, 3.63) is 48.7 Å². The van der Waals surface area contributed by atoms with Crippen LogP contribution in [-0.2, 0) is 9.53 Å². The van der Waals surface area contributed by atoms with E-state index in [4.69, 9.17) is 9.15 Å². The summed E-state index contributed by atoms with van der Waals surface area (Å²) in [5.41, 5.74) is 0.910. The Morgan fingerprint density at radius 3 is 2.75 bits per heavy atom. The minimum absolute atomic E-state index is 0.0447. The molecule has 0 bridgehead atoms. The summed E-state index contributed by atoms with van der Waals surface area (Å²) in [6.07, 6.45) is 2.60. The molecule has 2 aromatic heterocycles. The van der Waals surface area contributed by atoms with Crippen LogP contribution in [0.25, 0.3) is 17.3 Å². The van der Waals surface area contributed by atoms with Crippen LogP contribution in [-0.4, -0.2) is 45.7 Å². The molecular formula is C20H24N4O3S.